The van der Waals surface area contributed by atoms with Gasteiger partial charge in [-0.1, -0.05) is 6.07 Å². The number of amides is 1. The summed E-state index contributed by atoms with van der Waals surface area (Å²) < 4.78 is 27.1. The summed E-state index contributed by atoms with van der Waals surface area (Å²) in [4.78, 5) is 16.6. The van der Waals surface area contributed by atoms with Crippen LogP contribution in [0.2, 0.25) is 0 Å². The molecular weight excluding hydrogens is 346 g/mol. The molecule has 1 aliphatic carbocycles. The number of thiazole rings is 1. The number of hydrogen-bond donors (Lipinski definition) is 2. The molecule has 128 valence electrons. The number of aromatic nitrogens is 1. The summed E-state index contributed by atoms with van der Waals surface area (Å²) in [6.07, 6.45) is 2.14. The molecule has 1 aliphatic rings. The van der Waals surface area contributed by atoms with E-state index in [9.17, 15) is 13.2 Å². The van der Waals surface area contributed by atoms with Crippen molar-refractivity contribution in [2.75, 3.05) is 6.54 Å². The van der Waals surface area contributed by atoms with Gasteiger partial charge in [0.25, 0.3) is 5.91 Å². The molecule has 0 spiro atoms. The Hall–Kier alpha value is -1.77. The fourth-order valence-corrected chi connectivity index (χ4v) is 4.05. The maximum absolute atomic E-state index is 12.3. The average Bonchev–Trinajstić information content (AvgIpc) is 3.32. The van der Waals surface area contributed by atoms with Gasteiger partial charge >= 0.3 is 0 Å². The molecular formula is C16H19N3O3S2. The van der Waals surface area contributed by atoms with Crippen LogP contribution in [0.3, 0.4) is 0 Å². The van der Waals surface area contributed by atoms with E-state index in [-0.39, 0.29) is 10.8 Å². The Kier molecular flexibility index (Phi) is 4.98. The number of benzene rings is 1. The lowest BCUT2D eigenvalue weighted by molar-refractivity contribution is 0.0950. The fourth-order valence-electron chi connectivity index (χ4n) is 2.18. The first kappa shape index (κ1) is 17.1. The van der Waals surface area contributed by atoms with Crippen molar-refractivity contribution in [3.8, 4) is 0 Å². The zero-order chi connectivity index (χ0) is 17.2. The first-order chi connectivity index (χ1) is 11.4. The van der Waals surface area contributed by atoms with Gasteiger partial charge in [-0.2, -0.15) is 0 Å². The minimum Gasteiger partial charge on any atom is -0.346 e. The number of carbonyl (C=O) groups excluding carboxylic acids is 1. The van der Waals surface area contributed by atoms with Gasteiger partial charge in [0.2, 0.25) is 10.0 Å². The third kappa shape index (κ3) is 4.40. The molecule has 0 bridgehead atoms. The van der Waals surface area contributed by atoms with Crippen molar-refractivity contribution < 1.29 is 13.2 Å². The Labute approximate surface area is 145 Å². The van der Waals surface area contributed by atoms with E-state index >= 15 is 0 Å². The summed E-state index contributed by atoms with van der Waals surface area (Å²) in [5, 5.41) is 5.49. The van der Waals surface area contributed by atoms with E-state index in [0.717, 1.165) is 23.5 Å². The second-order valence-corrected chi connectivity index (χ2v) is 8.60. The van der Waals surface area contributed by atoms with Gasteiger partial charge in [0.15, 0.2) is 0 Å². The normalized spacial score (nSPS) is 14.5. The van der Waals surface area contributed by atoms with Crippen LogP contribution in [0.15, 0.2) is 34.5 Å². The highest BCUT2D eigenvalue weighted by atomic mass is 32.2. The highest BCUT2D eigenvalue weighted by molar-refractivity contribution is 7.89. The molecule has 3 rings (SSSR count). The summed E-state index contributed by atoms with van der Waals surface area (Å²) in [6.45, 7) is 2.68. The topological polar surface area (TPSA) is 88.2 Å². The smallest absolute Gasteiger partial charge is 0.251 e. The Morgan fingerprint density at radius 1 is 1.38 bits per heavy atom. The van der Waals surface area contributed by atoms with E-state index in [0.29, 0.717) is 24.6 Å². The van der Waals surface area contributed by atoms with Gasteiger partial charge in [-0.05, 0) is 43.9 Å². The predicted molar refractivity (Wildman–Crippen MR) is 92.4 cm³/mol. The van der Waals surface area contributed by atoms with Gasteiger partial charge in [0.05, 0.1) is 11.4 Å². The van der Waals surface area contributed by atoms with Gasteiger partial charge < -0.3 is 5.32 Å². The summed E-state index contributed by atoms with van der Waals surface area (Å²) in [7, 11) is -3.58. The molecule has 6 nitrogen and oxygen atoms in total. The van der Waals surface area contributed by atoms with Crippen LogP contribution in [0.5, 0.6) is 0 Å². The average molecular weight is 365 g/mol. The maximum atomic E-state index is 12.3. The largest absolute Gasteiger partial charge is 0.346 e. The van der Waals surface area contributed by atoms with E-state index in [2.05, 4.69) is 15.0 Å². The molecule has 0 radical (unpaired) electrons. The monoisotopic (exact) mass is 365 g/mol. The van der Waals surface area contributed by atoms with Crippen molar-refractivity contribution in [2.45, 2.75) is 31.2 Å². The molecule has 24 heavy (non-hydrogen) atoms. The number of carbonyl (C=O) groups is 1. The highest BCUT2D eigenvalue weighted by Gasteiger charge is 2.24. The maximum Gasteiger partial charge on any atom is 0.251 e. The number of nitrogens with zero attached hydrogens (tertiary/aromatic N) is 1. The van der Waals surface area contributed by atoms with Gasteiger partial charge in [0, 0.05) is 23.2 Å². The number of hydrogen-bond acceptors (Lipinski definition) is 5. The number of rotatable bonds is 7. The van der Waals surface area contributed by atoms with Crippen LogP contribution in [0.1, 0.15) is 33.9 Å². The van der Waals surface area contributed by atoms with Crippen molar-refractivity contribution in [3.63, 3.8) is 0 Å². The molecule has 1 saturated carbocycles. The third-order valence-corrected chi connectivity index (χ3v) is 6.12. The summed E-state index contributed by atoms with van der Waals surface area (Å²) in [5.74, 6) is 0.134. The molecule has 0 aliphatic heterocycles. The van der Waals surface area contributed by atoms with Crippen LogP contribution in [-0.2, 0) is 16.6 Å². The van der Waals surface area contributed by atoms with Crippen molar-refractivity contribution in [1.29, 1.82) is 0 Å². The lowest BCUT2D eigenvalue weighted by Crippen LogP contribution is -2.27. The molecule has 2 N–H and O–H groups in total. The van der Waals surface area contributed by atoms with Crippen molar-refractivity contribution in [1.82, 2.24) is 15.0 Å². The quantitative estimate of drug-likeness (QED) is 0.786. The van der Waals surface area contributed by atoms with Crippen LogP contribution in [0, 0.1) is 12.8 Å². The van der Waals surface area contributed by atoms with Gasteiger partial charge in [0.1, 0.15) is 5.01 Å². The first-order valence-corrected chi connectivity index (χ1v) is 10.1. The standard InChI is InChI=1S/C16H19N3O3S2/c1-11-10-23-15(19-11)9-17-16(20)13-3-2-4-14(7-13)24(21,22)18-8-12-5-6-12/h2-4,7,10,12,18H,5-6,8-9H2,1H3,(H,17,20). The Bertz CT molecular complexity index is 842. The summed E-state index contributed by atoms with van der Waals surface area (Å²) in [6, 6.07) is 6.07. The Balaban J connectivity index is 1.66. The molecule has 1 heterocycles. The lowest BCUT2D eigenvalue weighted by Gasteiger charge is -2.08. The third-order valence-electron chi connectivity index (χ3n) is 3.73. The van der Waals surface area contributed by atoms with E-state index in [4.69, 9.17) is 0 Å². The van der Waals surface area contributed by atoms with Crippen LogP contribution in [-0.4, -0.2) is 25.9 Å². The molecule has 1 amide bonds. The molecule has 1 aromatic carbocycles. The SMILES string of the molecule is Cc1csc(CNC(=O)c2cccc(S(=O)(=O)NCC3CC3)c2)n1. The fraction of sp³-hybridized carbons (Fsp3) is 0.375. The van der Waals surface area contributed by atoms with Crippen molar-refractivity contribution >= 4 is 27.3 Å². The van der Waals surface area contributed by atoms with Crippen LogP contribution in [0.4, 0.5) is 0 Å². The molecule has 0 saturated heterocycles. The van der Waals surface area contributed by atoms with Crippen LogP contribution in [0.25, 0.3) is 0 Å². The van der Waals surface area contributed by atoms with Crippen LogP contribution >= 0.6 is 11.3 Å². The van der Waals surface area contributed by atoms with Gasteiger partial charge in [-0.3, -0.25) is 4.79 Å². The van der Waals surface area contributed by atoms with Gasteiger partial charge in [-0.25, -0.2) is 18.1 Å². The molecule has 0 unspecified atom stereocenters. The van der Waals surface area contributed by atoms with E-state index < -0.39 is 10.0 Å². The summed E-state index contributed by atoms with van der Waals surface area (Å²) in [5.41, 5.74) is 1.23. The molecule has 2 aromatic rings. The predicted octanol–water partition coefficient (Wildman–Crippen LogP) is 2.07. The second-order valence-electron chi connectivity index (χ2n) is 5.89. The molecule has 0 atom stereocenters. The number of aryl methyl sites for hydroxylation is 1. The minimum absolute atomic E-state index is 0.112. The number of nitrogens with one attached hydrogen (secondary N) is 2. The van der Waals surface area contributed by atoms with Gasteiger partial charge in [-0.15, -0.1) is 11.3 Å². The van der Waals surface area contributed by atoms with Crippen molar-refractivity contribution in [3.05, 3.63) is 45.9 Å². The van der Waals surface area contributed by atoms with Crippen LogP contribution < -0.4 is 10.0 Å². The second kappa shape index (κ2) is 7.00. The first-order valence-electron chi connectivity index (χ1n) is 7.73. The van der Waals surface area contributed by atoms with E-state index in [1.54, 1.807) is 12.1 Å². The Morgan fingerprint density at radius 3 is 2.83 bits per heavy atom. The van der Waals surface area contributed by atoms with E-state index in [1.807, 2.05) is 12.3 Å². The van der Waals surface area contributed by atoms with Crippen molar-refractivity contribution in [2.24, 2.45) is 5.92 Å². The molecule has 8 heteroatoms. The zero-order valence-corrected chi connectivity index (χ0v) is 14.9. The zero-order valence-electron chi connectivity index (χ0n) is 13.3. The lowest BCUT2D eigenvalue weighted by atomic mass is 10.2. The molecule has 1 fully saturated rings. The molecule has 1 aromatic heterocycles. The summed E-state index contributed by atoms with van der Waals surface area (Å²) >= 11 is 1.48. The Morgan fingerprint density at radius 2 is 2.17 bits per heavy atom. The minimum atomic E-state index is -3.58. The highest BCUT2D eigenvalue weighted by Crippen LogP contribution is 2.28. The van der Waals surface area contributed by atoms with E-state index in [1.165, 1.54) is 23.5 Å². The number of sulfonamides is 1.